The van der Waals surface area contributed by atoms with Crippen molar-refractivity contribution in [1.29, 1.82) is 0 Å². The van der Waals surface area contributed by atoms with Crippen molar-refractivity contribution in [2.24, 2.45) is 0 Å². The first-order valence-electron chi connectivity index (χ1n) is 8.41. The molecule has 0 radical (unpaired) electrons. The summed E-state index contributed by atoms with van der Waals surface area (Å²) in [6.07, 6.45) is -8.74. The molecule has 8 nitrogen and oxygen atoms in total. The quantitative estimate of drug-likeness (QED) is 0.338. The molecule has 0 spiro atoms. The largest absolute Gasteiger partial charge is 0.461 e. The van der Waals surface area contributed by atoms with Crippen molar-refractivity contribution in [2.45, 2.75) is 38.7 Å². The van der Waals surface area contributed by atoms with Gasteiger partial charge in [0, 0.05) is 17.8 Å². The molecule has 0 aliphatic rings. The number of nitrogens with zero attached hydrogens (tertiary/aromatic N) is 2. The molecule has 12 heteroatoms. The molecule has 162 valence electrons. The predicted octanol–water partition coefficient (Wildman–Crippen LogP) is 5.78. The van der Waals surface area contributed by atoms with E-state index in [2.05, 4.69) is 10.1 Å². The number of nitrogens with one attached hydrogen (secondary N) is 1. The Kier molecular flexibility index (Phi) is 6.19. The van der Waals surface area contributed by atoms with Crippen molar-refractivity contribution in [3.63, 3.8) is 0 Å². The summed E-state index contributed by atoms with van der Waals surface area (Å²) in [7, 11) is 0. The highest BCUT2D eigenvalue weighted by molar-refractivity contribution is 5.80. The Labute approximate surface area is 167 Å². The van der Waals surface area contributed by atoms with Crippen LogP contribution in [0.2, 0.25) is 0 Å². The summed E-state index contributed by atoms with van der Waals surface area (Å²) in [5.74, 6) is -0.585. The van der Waals surface area contributed by atoms with Gasteiger partial charge >= 0.3 is 12.5 Å². The van der Waals surface area contributed by atoms with Crippen molar-refractivity contribution in [1.82, 2.24) is 0 Å². The first-order valence-corrected chi connectivity index (χ1v) is 8.41. The van der Waals surface area contributed by atoms with Gasteiger partial charge in [-0.05, 0) is 35.2 Å². The zero-order chi connectivity index (χ0) is 22.9. The molecule has 0 atom stereocenters. The van der Waals surface area contributed by atoms with E-state index in [0.717, 1.165) is 24.3 Å². The number of rotatable bonds is 7. The SMILES string of the molecule is CC(C)(C)c1cc([N+](=O)[O-])c(Nc2ccc(OC(F)(F)C(F)F)cc2)c([N+](=O)[O-])c1. The molecule has 0 aromatic heterocycles. The van der Waals surface area contributed by atoms with Crippen LogP contribution >= 0.6 is 0 Å². The monoisotopic (exact) mass is 431 g/mol. The van der Waals surface area contributed by atoms with Gasteiger partial charge in [0.2, 0.25) is 0 Å². The molecule has 0 amide bonds. The second-order valence-corrected chi connectivity index (χ2v) is 7.27. The van der Waals surface area contributed by atoms with Gasteiger partial charge in [-0.15, -0.1) is 0 Å². The maximum absolute atomic E-state index is 13.0. The fourth-order valence-corrected chi connectivity index (χ4v) is 2.41. The van der Waals surface area contributed by atoms with Crippen molar-refractivity contribution in [2.75, 3.05) is 5.32 Å². The first kappa shape index (κ1) is 22.8. The van der Waals surface area contributed by atoms with E-state index in [0.29, 0.717) is 5.56 Å². The molecule has 2 aromatic carbocycles. The second kappa shape index (κ2) is 8.13. The van der Waals surface area contributed by atoms with Crippen LogP contribution in [0.15, 0.2) is 36.4 Å². The van der Waals surface area contributed by atoms with E-state index in [4.69, 9.17) is 0 Å². The standard InChI is InChI=1S/C18H17F4N3O5/c1-17(2,3)10-8-13(24(26)27)15(14(9-10)25(28)29)23-11-4-6-12(7-5-11)30-18(21,22)16(19)20/h4-9,16,23H,1-3H3. The van der Waals surface area contributed by atoms with Crippen LogP contribution in [0.4, 0.5) is 40.3 Å². The van der Waals surface area contributed by atoms with Crippen LogP contribution in [0, 0.1) is 20.2 Å². The Morgan fingerprint density at radius 2 is 1.43 bits per heavy atom. The van der Waals surface area contributed by atoms with Gasteiger partial charge < -0.3 is 10.1 Å². The molecular formula is C18H17F4N3O5. The van der Waals surface area contributed by atoms with E-state index in [1.165, 1.54) is 12.1 Å². The van der Waals surface area contributed by atoms with Crippen LogP contribution in [-0.2, 0) is 5.41 Å². The van der Waals surface area contributed by atoms with Crippen molar-refractivity contribution in [3.8, 4) is 5.75 Å². The number of nitro groups is 2. The maximum Gasteiger partial charge on any atom is 0.461 e. The number of halogens is 4. The second-order valence-electron chi connectivity index (χ2n) is 7.27. The molecule has 0 fully saturated rings. The summed E-state index contributed by atoms with van der Waals surface area (Å²) in [6, 6.07) is 6.44. The number of hydrogen-bond acceptors (Lipinski definition) is 6. The lowest BCUT2D eigenvalue weighted by Gasteiger charge is -2.20. The Bertz CT molecular complexity index is 924. The summed E-state index contributed by atoms with van der Waals surface area (Å²) in [6.45, 7) is 5.20. The van der Waals surface area contributed by atoms with E-state index in [9.17, 15) is 37.8 Å². The molecule has 2 aromatic rings. The first-order chi connectivity index (χ1) is 13.7. The third kappa shape index (κ3) is 5.13. The Balaban J connectivity index is 2.44. The zero-order valence-electron chi connectivity index (χ0n) is 16.0. The van der Waals surface area contributed by atoms with Gasteiger partial charge in [-0.1, -0.05) is 20.8 Å². The fraction of sp³-hybridized carbons (Fsp3) is 0.333. The minimum atomic E-state index is -4.70. The molecule has 1 N–H and O–H groups in total. The molecule has 0 unspecified atom stereocenters. The zero-order valence-corrected chi connectivity index (χ0v) is 16.0. The van der Waals surface area contributed by atoms with Gasteiger partial charge in [0.25, 0.3) is 11.4 Å². The fourth-order valence-electron chi connectivity index (χ4n) is 2.41. The molecule has 0 aliphatic carbocycles. The average Bonchev–Trinajstić information content (AvgIpc) is 2.61. The number of alkyl halides is 4. The van der Waals surface area contributed by atoms with E-state index in [1.54, 1.807) is 20.8 Å². The van der Waals surface area contributed by atoms with Crippen LogP contribution < -0.4 is 10.1 Å². The Morgan fingerprint density at radius 1 is 0.967 bits per heavy atom. The number of hydrogen-bond donors (Lipinski definition) is 1. The van der Waals surface area contributed by atoms with Crippen molar-refractivity contribution < 1.29 is 32.1 Å². The molecular weight excluding hydrogens is 414 g/mol. The smallest absolute Gasteiger partial charge is 0.428 e. The molecule has 0 heterocycles. The molecule has 0 saturated heterocycles. The van der Waals surface area contributed by atoms with E-state index < -0.39 is 50.6 Å². The van der Waals surface area contributed by atoms with Crippen molar-refractivity contribution >= 4 is 22.7 Å². The highest BCUT2D eigenvalue weighted by atomic mass is 19.3. The minimum absolute atomic E-state index is 0.0532. The Morgan fingerprint density at radius 3 is 1.80 bits per heavy atom. The van der Waals surface area contributed by atoms with Gasteiger partial charge in [0.05, 0.1) is 9.85 Å². The van der Waals surface area contributed by atoms with Crippen LogP contribution in [0.5, 0.6) is 5.75 Å². The van der Waals surface area contributed by atoms with Crippen LogP contribution in [0.1, 0.15) is 26.3 Å². The molecule has 0 bridgehead atoms. The average molecular weight is 431 g/mol. The predicted molar refractivity (Wildman–Crippen MR) is 99.8 cm³/mol. The summed E-state index contributed by atoms with van der Waals surface area (Å²) >= 11 is 0. The number of nitro benzene ring substituents is 2. The van der Waals surface area contributed by atoms with Crippen LogP contribution in [-0.4, -0.2) is 22.4 Å². The van der Waals surface area contributed by atoms with Gasteiger partial charge in [-0.25, -0.2) is 0 Å². The van der Waals surface area contributed by atoms with E-state index in [-0.39, 0.29) is 5.69 Å². The van der Waals surface area contributed by atoms with E-state index >= 15 is 0 Å². The highest BCUT2D eigenvalue weighted by Crippen LogP contribution is 2.41. The third-order valence-corrected chi connectivity index (χ3v) is 3.99. The van der Waals surface area contributed by atoms with Gasteiger partial charge in [-0.2, -0.15) is 17.6 Å². The molecule has 2 rings (SSSR count). The van der Waals surface area contributed by atoms with Gasteiger partial charge in [0.15, 0.2) is 5.69 Å². The maximum atomic E-state index is 13.0. The third-order valence-electron chi connectivity index (χ3n) is 3.99. The lowest BCUT2D eigenvalue weighted by molar-refractivity contribution is -0.392. The molecule has 30 heavy (non-hydrogen) atoms. The van der Waals surface area contributed by atoms with Crippen molar-refractivity contribution in [3.05, 3.63) is 62.2 Å². The summed E-state index contributed by atoms with van der Waals surface area (Å²) in [4.78, 5) is 21.4. The summed E-state index contributed by atoms with van der Waals surface area (Å²) < 4.78 is 54.2. The number of benzene rings is 2. The lowest BCUT2D eigenvalue weighted by atomic mass is 9.86. The van der Waals surface area contributed by atoms with Crippen LogP contribution in [0.3, 0.4) is 0 Å². The van der Waals surface area contributed by atoms with E-state index in [1.807, 2.05) is 0 Å². The number of ether oxygens (including phenoxy) is 1. The summed E-state index contributed by atoms with van der Waals surface area (Å²) in [5, 5.41) is 25.5. The lowest BCUT2D eigenvalue weighted by Crippen LogP contribution is -2.33. The Hall–Kier alpha value is -3.44. The molecule has 0 saturated carbocycles. The van der Waals surface area contributed by atoms with Crippen LogP contribution in [0.25, 0.3) is 0 Å². The van der Waals surface area contributed by atoms with Gasteiger partial charge in [-0.3, -0.25) is 20.2 Å². The highest BCUT2D eigenvalue weighted by Gasteiger charge is 2.44. The minimum Gasteiger partial charge on any atom is -0.428 e. The molecule has 0 aliphatic heterocycles. The van der Waals surface area contributed by atoms with Gasteiger partial charge in [0.1, 0.15) is 5.75 Å². The number of anilines is 2. The normalized spacial score (nSPS) is 12.0. The topological polar surface area (TPSA) is 108 Å². The summed E-state index contributed by atoms with van der Waals surface area (Å²) in [5.41, 5.74) is -1.72.